The number of benzene rings is 2. The lowest BCUT2D eigenvalue weighted by Crippen LogP contribution is -2.32. The van der Waals surface area contributed by atoms with E-state index in [-0.39, 0.29) is 0 Å². The highest BCUT2D eigenvalue weighted by Gasteiger charge is 2.37. The van der Waals surface area contributed by atoms with Crippen molar-refractivity contribution in [2.24, 2.45) is 0 Å². The third-order valence-corrected chi connectivity index (χ3v) is 4.57. The summed E-state index contributed by atoms with van der Waals surface area (Å²) in [4.78, 5) is 0. The number of methoxy groups -OCH3 is 1. The van der Waals surface area contributed by atoms with Crippen molar-refractivity contribution in [2.45, 2.75) is 24.9 Å². The van der Waals surface area contributed by atoms with Crippen LogP contribution < -0.4 is 4.74 Å². The van der Waals surface area contributed by atoms with Crippen LogP contribution in [0.4, 0.5) is 0 Å². The van der Waals surface area contributed by atoms with Crippen molar-refractivity contribution in [3.63, 3.8) is 0 Å². The van der Waals surface area contributed by atoms with Crippen molar-refractivity contribution in [3.05, 3.63) is 83.4 Å². The Balaban J connectivity index is 2.12. The highest BCUT2D eigenvalue weighted by Crippen LogP contribution is 2.43. The zero-order valence-electron chi connectivity index (χ0n) is 13.5. The molecule has 0 heterocycles. The highest BCUT2D eigenvalue weighted by molar-refractivity contribution is 5.63. The minimum absolute atomic E-state index is 0.505. The Labute approximate surface area is 137 Å². The zero-order chi connectivity index (χ0) is 16.3. The van der Waals surface area contributed by atoms with Gasteiger partial charge in [0.25, 0.3) is 0 Å². The molecule has 0 bridgehead atoms. The second-order valence-corrected chi connectivity index (χ2v) is 5.92. The van der Waals surface area contributed by atoms with Crippen LogP contribution in [0.15, 0.2) is 66.8 Å². The molecule has 1 aliphatic rings. The van der Waals surface area contributed by atoms with Crippen LogP contribution in [-0.2, 0) is 12.0 Å². The first-order valence-electron chi connectivity index (χ1n) is 7.95. The summed E-state index contributed by atoms with van der Waals surface area (Å²) in [5, 5.41) is 11.4. The molecule has 0 spiro atoms. The molecule has 0 saturated heterocycles. The number of fused-ring (bicyclic) bond motifs is 1. The van der Waals surface area contributed by atoms with E-state index in [1.807, 2.05) is 42.5 Å². The van der Waals surface area contributed by atoms with E-state index in [0.717, 1.165) is 35.3 Å². The first-order chi connectivity index (χ1) is 11.2. The van der Waals surface area contributed by atoms with Crippen LogP contribution in [0.5, 0.6) is 5.75 Å². The van der Waals surface area contributed by atoms with Gasteiger partial charge in [0, 0.05) is 12.0 Å². The molecule has 0 radical (unpaired) electrons. The quantitative estimate of drug-likeness (QED) is 0.843. The van der Waals surface area contributed by atoms with Crippen LogP contribution in [-0.4, -0.2) is 12.2 Å². The Hall–Kier alpha value is -2.32. The predicted octanol–water partition coefficient (Wildman–Crippen LogP) is 4.49. The zero-order valence-corrected chi connectivity index (χ0v) is 13.5. The van der Waals surface area contributed by atoms with E-state index >= 15 is 0 Å². The van der Waals surface area contributed by atoms with Crippen molar-refractivity contribution in [3.8, 4) is 5.75 Å². The third kappa shape index (κ3) is 2.82. The Kier molecular flexibility index (Phi) is 4.35. The van der Waals surface area contributed by atoms with Gasteiger partial charge in [0.05, 0.1) is 7.11 Å². The predicted molar refractivity (Wildman–Crippen MR) is 94.4 cm³/mol. The van der Waals surface area contributed by atoms with Gasteiger partial charge in [0.15, 0.2) is 0 Å². The number of hydrogen-bond acceptors (Lipinski definition) is 2. The number of hydrogen-bond donors (Lipinski definition) is 1. The van der Waals surface area contributed by atoms with Gasteiger partial charge >= 0.3 is 0 Å². The maximum Gasteiger partial charge on any atom is 0.126 e. The molecule has 1 aliphatic carbocycles. The summed E-state index contributed by atoms with van der Waals surface area (Å²) in [6.45, 7) is 3.84. The van der Waals surface area contributed by atoms with E-state index in [4.69, 9.17) is 4.74 Å². The molecule has 2 heteroatoms. The topological polar surface area (TPSA) is 29.5 Å². The van der Waals surface area contributed by atoms with Gasteiger partial charge in [0.1, 0.15) is 11.4 Å². The molecule has 3 rings (SSSR count). The van der Waals surface area contributed by atoms with Gasteiger partial charge in [-0.25, -0.2) is 0 Å². The molecule has 2 aromatic carbocycles. The second-order valence-electron chi connectivity index (χ2n) is 5.92. The molecule has 1 N–H and O–H groups in total. The second kappa shape index (κ2) is 6.43. The average Bonchev–Trinajstić information content (AvgIpc) is 2.58. The minimum Gasteiger partial charge on any atom is -0.496 e. The number of para-hydroxylation sites is 1. The number of ether oxygens (including phenoxy) is 1. The summed E-state index contributed by atoms with van der Waals surface area (Å²) >= 11 is 0. The van der Waals surface area contributed by atoms with Gasteiger partial charge in [-0.1, -0.05) is 48.5 Å². The van der Waals surface area contributed by atoms with E-state index in [0.29, 0.717) is 6.42 Å². The summed E-state index contributed by atoms with van der Waals surface area (Å²) in [5.41, 5.74) is 3.23. The molecule has 0 amide bonds. The van der Waals surface area contributed by atoms with Crippen molar-refractivity contribution in [1.29, 1.82) is 0 Å². The first kappa shape index (κ1) is 15.6. The maximum absolute atomic E-state index is 11.4. The minimum atomic E-state index is -0.989. The Morgan fingerprint density at radius 3 is 2.65 bits per heavy atom. The van der Waals surface area contributed by atoms with Crippen LogP contribution in [0.25, 0.3) is 6.08 Å². The molecule has 23 heavy (non-hydrogen) atoms. The summed E-state index contributed by atoms with van der Waals surface area (Å²) < 4.78 is 5.44. The summed E-state index contributed by atoms with van der Waals surface area (Å²) in [7, 11) is 1.67. The molecule has 0 aliphatic heterocycles. The lowest BCUT2D eigenvalue weighted by molar-refractivity contribution is 0.0716. The van der Waals surface area contributed by atoms with Crippen LogP contribution >= 0.6 is 0 Å². The normalized spacial score (nSPS) is 21.7. The van der Waals surface area contributed by atoms with Crippen LogP contribution in [0.1, 0.15) is 29.5 Å². The molecule has 0 saturated carbocycles. The number of aryl methyl sites for hydroxylation is 1. The van der Waals surface area contributed by atoms with Crippen molar-refractivity contribution in [1.82, 2.24) is 0 Å². The van der Waals surface area contributed by atoms with E-state index < -0.39 is 5.60 Å². The summed E-state index contributed by atoms with van der Waals surface area (Å²) in [5.74, 6) is 0.819. The standard InChI is InChI=1S/C21H22O2/c1-3-14-21(22)18(13-12-16-8-4-6-10-19(16)21)15-17-9-5-7-11-20(17)23-2/h3-11,15,22H,1,12-14H2,2H3/b18-15+. The van der Waals surface area contributed by atoms with E-state index in [1.165, 1.54) is 5.56 Å². The van der Waals surface area contributed by atoms with Crippen molar-refractivity contribution < 1.29 is 9.84 Å². The summed E-state index contributed by atoms with van der Waals surface area (Å²) in [6, 6.07) is 16.0. The number of rotatable bonds is 4. The van der Waals surface area contributed by atoms with Gasteiger partial charge in [-0.3, -0.25) is 0 Å². The molecule has 2 nitrogen and oxygen atoms in total. The first-order valence-corrected chi connectivity index (χ1v) is 7.95. The van der Waals surface area contributed by atoms with Crippen LogP contribution in [0, 0.1) is 0 Å². The SMILES string of the molecule is C=CCC1(O)/C(=C/c2ccccc2OC)CCc2ccccc21. The van der Waals surface area contributed by atoms with Gasteiger partial charge in [-0.2, -0.15) is 0 Å². The summed E-state index contributed by atoms with van der Waals surface area (Å²) in [6.07, 6.45) is 6.14. The van der Waals surface area contributed by atoms with E-state index in [1.54, 1.807) is 13.2 Å². The number of aliphatic hydroxyl groups is 1. The van der Waals surface area contributed by atoms with Gasteiger partial charge in [-0.05, 0) is 41.7 Å². The third-order valence-electron chi connectivity index (χ3n) is 4.57. The molecule has 118 valence electrons. The van der Waals surface area contributed by atoms with Gasteiger partial charge in [-0.15, -0.1) is 6.58 Å². The molecule has 1 unspecified atom stereocenters. The Bertz CT molecular complexity index is 745. The van der Waals surface area contributed by atoms with Crippen molar-refractivity contribution in [2.75, 3.05) is 7.11 Å². The van der Waals surface area contributed by atoms with Gasteiger partial charge < -0.3 is 9.84 Å². The lowest BCUT2D eigenvalue weighted by Gasteiger charge is -2.36. The Morgan fingerprint density at radius 2 is 1.87 bits per heavy atom. The fourth-order valence-electron chi connectivity index (χ4n) is 3.41. The monoisotopic (exact) mass is 306 g/mol. The van der Waals surface area contributed by atoms with Crippen molar-refractivity contribution >= 4 is 6.08 Å². The molecular weight excluding hydrogens is 284 g/mol. The van der Waals surface area contributed by atoms with E-state index in [9.17, 15) is 5.11 Å². The fourth-order valence-corrected chi connectivity index (χ4v) is 3.41. The molecule has 0 aromatic heterocycles. The maximum atomic E-state index is 11.4. The lowest BCUT2D eigenvalue weighted by atomic mass is 9.73. The van der Waals surface area contributed by atoms with E-state index in [2.05, 4.69) is 18.7 Å². The van der Waals surface area contributed by atoms with Crippen LogP contribution in [0.2, 0.25) is 0 Å². The molecule has 2 aromatic rings. The highest BCUT2D eigenvalue weighted by atomic mass is 16.5. The largest absolute Gasteiger partial charge is 0.496 e. The molecule has 0 fully saturated rings. The molecular formula is C21H22O2. The van der Waals surface area contributed by atoms with Gasteiger partial charge in [0.2, 0.25) is 0 Å². The Morgan fingerprint density at radius 1 is 1.13 bits per heavy atom. The van der Waals surface area contributed by atoms with Crippen LogP contribution in [0.3, 0.4) is 0 Å². The molecule has 1 atom stereocenters. The fraction of sp³-hybridized carbons (Fsp3) is 0.238. The smallest absolute Gasteiger partial charge is 0.126 e. The average molecular weight is 306 g/mol.